The molecule has 0 aliphatic carbocycles. The van der Waals surface area contributed by atoms with E-state index in [0.717, 1.165) is 12.1 Å². The van der Waals surface area contributed by atoms with Gasteiger partial charge in [0.25, 0.3) is 5.69 Å². The zero-order valence-corrected chi connectivity index (χ0v) is 16.0. The zero-order chi connectivity index (χ0) is 21.2. The fourth-order valence-electron chi connectivity index (χ4n) is 3.21. The second kappa shape index (κ2) is 8.09. The molecule has 0 spiro atoms. The molecule has 0 aromatic heterocycles. The average Bonchev–Trinajstić information content (AvgIpc) is 2.68. The molecule has 1 aliphatic rings. The molecule has 0 bridgehead atoms. The van der Waals surface area contributed by atoms with E-state index in [1.165, 1.54) is 40.7 Å². The van der Waals surface area contributed by atoms with Gasteiger partial charge in [-0.15, -0.1) is 0 Å². The molecule has 0 amide bonds. The lowest BCUT2D eigenvalue weighted by Crippen LogP contribution is -2.48. The van der Waals surface area contributed by atoms with Crippen LogP contribution in [0.25, 0.3) is 0 Å². The Morgan fingerprint density at radius 2 is 1.66 bits per heavy atom. The lowest BCUT2D eigenvalue weighted by atomic mass is 10.1. The number of nitro benzene ring substituents is 1. The number of non-ortho nitro benzene ring substituents is 1. The summed E-state index contributed by atoms with van der Waals surface area (Å²) in [5.74, 6) is 0. The van der Waals surface area contributed by atoms with E-state index in [2.05, 4.69) is 0 Å². The predicted molar refractivity (Wildman–Crippen MR) is 98.6 cm³/mol. The second-order valence-corrected chi connectivity index (χ2v) is 8.53. The van der Waals surface area contributed by atoms with Gasteiger partial charge in [0.05, 0.1) is 15.4 Å². The van der Waals surface area contributed by atoms with E-state index in [0.29, 0.717) is 0 Å². The minimum absolute atomic E-state index is 0.0559. The van der Waals surface area contributed by atoms with E-state index in [1.54, 1.807) is 4.90 Å². The van der Waals surface area contributed by atoms with Crippen molar-refractivity contribution >= 4 is 15.7 Å². The third-order valence-electron chi connectivity index (χ3n) is 4.71. The first-order chi connectivity index (χ1) is 13.6. The maximum absolute atomic E-state index is 13.1. The highest BCUT2D eigenvalue weighted by Gasteiger charge is 2.34. The number of alkyl halides is 3. The number of sulfonamides is 1. The molecule has 0 N–H and O–H groups in total. The minimum atomic E-state index is -4.45. The maximum atomic E-state index is 13.1. The first-order valence-electron chi connectivity index (χ1n) is 8.71. The van der Waals surface area contributed by atoms with Crippen LogP contribution in [0, 0.1) is 10.1 Å². The largest absolute Gasteiger partial charge is 0.416 e. The summed E-state index contributed by atoms with van der Waals surface area (Å²) in [4.78, 5) is 11.8. The fourth-order valence-corrected chi connectivity index (χ4v) is 4.67. The van der Waals surface area contributed by atoms with Gasteiger partial charge in [0.1, 0.15) is 0 Å². The Morgan fingerprint density at radius 3 is 2.28 bits per heavy atom. The van der Waals surface area contributed by atoms with Gasteiger partial charge in [0, 0.05) is 44.9 Å². The van der Waals surface area contributed by atoms with Crippen molar-refractivity contribution in [3.63, 3.8) is 0 Å². The van der Waals surface area contributed by atoms with E-state index < -0.39 is 26.7 Å². The molecule has 3 rings (SSSR count). The van der Waals surface area contributed by atoms with Crippen molar-refractivity contribution in [2.45, 2.75) is 17.6 Å². The topological polar surface area (TPSA) is 83.8 Å². The van der Waals surface area contributed by atoms with Crippen molar-refractivity contribution in [3.8, 4) is 0 Å². The summed E-state index contributed by atoms with van der Waals surface area (Å²) in [6.45, 7) is 0.722. The summed E-state index contributed by atoms with van der Waals surface area (Å²) in [6, 6.07) is 10.1. The van der Waals surface area contributed by atoms with Gasteiger partial charge < -0.3 is 0 Å². The molecule has 2 aromatic carbocycles. The molecule has 2 aromatic rings. The summed E-state index contributed by atoms with van der Waals surface area (Å²) in [5.41, 5.74) is -0.893. The smallest absolute Gasteiger partial charge is 0.296 e. The molecule has 1 aliphatic heterocycles. The lowest BCUT2D eigenvalue weighted by Gasteiger charge is -2.34. The summed E-state index contributed by atoms with van der Waals surface area (Å²) >= 11 is 0. The monoisotopic (exact) mass is 429 g/mol. The van der Waals surface area contributed by atoms with E-state index >= 15 is 0 Å². The number of nitrogens with zero attached hydrogens (tertiary/aromatic N) is 3. The molecule has 29 heavy (non-hydrogen) atoms. The molecule has 7 nitrogen and oxygen atoms in total. The van der Waals surface area contributed by atoms with E-state index in [1.807, 2.05) is 0 Å². The van der Waals surface area contributed by atoms with Crippen molar-refractivity contribution in [1.82, 2.24) is 9.21 Å². The third-order valence-corrected chi connectivity index (χ3v) is 6.61. The van der Waals surface area contributed by atoms with Crippen LogP contribution in [0.15, 0.2) is 53.4 Å². The molecule has 1 fully saturated rings. The molecule has 1 heterocycles. The Kier molecular flexibility index (Phi) is 5.92. The standard InChI is InChI=1S/C18H18F3N3O4S/c19-18(20,21)17-7-2-1-4-14(17)13-22-8-10-23(11-9-22)29(27,28)16-6-3-5-15(12-16)24(25)26/h1-7,12H,8-11,13H2. The average molecular weight is 429 g/mol. The Balaban J connectivity index is 1.70. The number of benzene rings is 2. The Morgan fingerprint density at radius 1 is 1.00 bits per heavy atom. The Bertz CT molecular complexity index is 1000. The van der Waals surface area contributed by atoms with E-state index in [9.17, 15) is 31.7 Å². The quantitative estimate of drug-likeness (QED) is 0.539. The minimum Gasteiger partial charge on any atom is -0.296 e. The number of rotatable bonds is 5. The van der Waals surface area contributed by atoms with Crippen LogP contribution in [0.1, 0.15) is 11.1 Å². The van der Waals surface area contributed by atoms with Crippen molar-refractivity contribution < 1.29 is 26.5 Å². The molecule has 156 valence electrons. The Hall–Kier alpha value is -2.50. The van der Waals surface area contributed by atoms with Gasteiger partial charge in [0.2, 0.25) is 10.0 Å². The van der Waals surface area contributed by atoms with Crippen LogP contribution in [-0.2, 0) is 22.7 Å². The number of hydrogen-bond acceptors (Lipinski definition) is 5. The van der Waals surface area contributed by atoms with Gasteiger partial charge in [-0.3, -0.25) is 15.0 Å². The van der Waals surface area contributed by atoms with Crippen LogP contribution >= 0.6 is 0 Å². The molecule has 0 unspecified atom stereocenters. The molecule has 11 heteroatoms. The number of halogens is 3. The van der Waals surface area contributed by atoms with Gasteiger partial charge in [-0.25, -0.2) is 8.42 Å². The highest BCUT2D eigenvalue weighted by molar-refractivity contribution is 7.89. The lowest BCUT2D eigenvalue weighted by molar-refractivity contribution is -0.385. The first-order valence-corrected chi connectivity index (χ1v) is 10.1. The van der Waals surface area contributed by atoms with Gasteiger partial charge in [0.15, 0.2) is 0 Å². The molecule has 0 saturated carbocycles. The zero-order valence-electron chi connectivity index (χ0n) is 15.2. The van der Waals surface area contributed by atoms with Crippen LogP contribution in [0.5, 0.6) is 0 Å². The third kappa shape index (κ3) is 4.74. The Labute approximate surface area is 165 Å². The molecular weight excluding hydrogens is 411 g/mol. The molecular formula is C18H18F3N3O4S. The first kappa shape index (κ1) is 21.2. The van der Waals surface area contributed by atoms with Crippen LogP contribution in [-0.4, -0.2) is 48.7 Å². The van der Waals surface area contributed by atoms with Crippen molar-refractivity contribution in [2.75, 3.05) is 26.2 Å². The number of nitro groups is 1. The van der Waals surface area contributed by atoms with Crippen LogP contribution in [0.2, 0.25) is 0 Å². The molecule has 0 atom stereocenters. The van der Waals surface area contributed by atoms with Gasteiger partial charge >= 0.3 is 6.18 Å². The van der Waals surface area contributed by atoms with Gasteiger partial charge in [-0.1, -0.05) is 24.3 Å². The normalized spacial score (nSPS) is 16.7. The number of piperazine rings is 1. The number of hydrogen-bond donors (Lipinski definition) is 0. The van der Waals surface area contributed by atoms with Crippen molar-refractivity contribution in [1.29, 1.82) is 0 Å². The summed E-state index contributed by atoms with van der Waals surface area (Å²) in [5, 5.41) is 10.9. The summed E-state index contributed by atoms with van der Waals surface area (Å²) in [7, 11) is -3.92. The highest BCUT2D eigenvalue weighted by Crippen LogP contribution is 2.32. The molecule has 0 radical (unpaired) electrons. The maximum Gasteiger partial charge on any atom is 0.416 e. The SMILES string of the molecule is O=[N+]([O-])c1cccc(S(=O)(=O)N2CCN(Cc3ccccc3C(F)(F)F)CC2)c1. The van der Waals surface area contributed by atoms with Gasteiger partial charge in [-0.2, -0.15) is 17.5 Å². The van der Waals surface area contributed by atoms with Crippen LogP contribution in [0.4, 0.5) is 18.9 Å². The van der Waals surface area contributed by atoms with Gasteiger partial charge in [-0.05, 0) is 17.7 Å². The van der Waals surface area contributed by atoms with Crippen LogP contribution in [0.3, 0.4) is 0 Å². The van der Waals surface area contributed by atoms with Crippen molar-refractivity contribution in [2.24, 2.45) is 0 Å². The molecule has 1 saturated heterocycles. The van der Waals surface area contributed by atoms with Crippen molar-refractivity contribution in [3.05, 3.63) is 69.8 Å². The summed E-state index contributed by atoms with van der Waals surface area (Å²) < 4.78 is 66.1. The van der Waals surface area contributed by atoms with E-state index in [-0.39, 0.29) is 48.9 Å². The second-order valence-electron chi connectivity index (χ2n) is 6.59. The predicted octanol–water partition coefficient (Wildman–Crippen LogP) is 3.12. The summed E-state index contributed by atoms with van der Waals surface area (Å²) in [6.07, 6.45) is -4.45. The van der Waals surface area contributed by atoms with E-state index in [4.69, 9.17) is 0 Å². The fraction of sp³-hybridized carbons (Fsp3) is 0.333. The highest BCUT2D eigenvalue weighted by atomic mass is 32.2. The van der Waals surface area contributed by atoms with Crippen LogP contribution < -0.4 is 0 Å².